The van der Waals surface area contributed by atoms with Gasteiger partial charge in [-0.1, -0.05) is 50.5 Å². The number of amides is 2. The summed E-state index contributed by atoms with van der Waals surface area (Å²) < 4.78 is 28.3. The first-order valence-electron chi connectivity index (χ1n) is 15.4. The molecule has 1 spiro atoms. The number of benzene rings is 2. The summed E-state index contributed by atoms with van der Waals surface area (Å²) in [6.07, 6.45) is 8.22. The van der Waals surface area contributed by atoms with Gasteiger partial charge in [0.1, 0.15) is 5.76 Å². The van der Waals surface area contributed by atoms with Crippen molar-refractivity contribution in [2.45, 2.75) is 62.4 Å². The predicted molar refractivity (Wildman–Crippen MR) is 168 cm³/mol. The number of ketones is 1. The number of unbranched alkanes of at least 4 members (excludes halogenated alkanes) is 1. The number of likely N-dealkylation sites (tertiary alicyclic amines) is 1. The van der Waals surface area contributed by atoms with Crippen LogP contribution in [0.2, 0.25) is 0 Å². The molecule has 11 heteroatoms. The van der Waals surface area contributed by atoms with Gasteiger partial charge >= 0.3 is 0 Å². The SMILES string of the molecule is CCCCN1C(=O)C2(/C(=C(/O)c3ccc(S(=O)(=O)N4CCCCCC4)cc3)C(=O)C(=O)N2Cc2cccnc2)c2ccccc21. The molecule has 0 saturated carbocycles. The van der Waals surface area contributed by atoms with Crippen molar-refractivity contribution in [2.24, 2.45) is 0 Å². The van der Waals surface area contributed by atoms with Crippen molar-refractivity contribution in [3.63, 3.8) is 0 Å². The minimum Gasteiger partial charge on any atom is -0.507 e. The number of aromatic nitrogens is 1. The van der Waals surface area contributed by atoms with Crippen molar-refractivity contribution in [1.82, 2.24) is 14.2 Å². The molecule has 45 heavy (non-hydrogen) atoms. The number of aliphatic hydroxyl groups excluding tert-OH is 1. The summed E-state index contributed by atoms with van der Waals surface area (Å²) in [5.74, 6) is -2.94. The number of sulfonamides is 1. The fourth-order valence-corrected chi connectivity index (χ4v) is 8.18. The normalized spacial score (nSPS) is 21.8. The molecule has 0 radical (unpaired) electrons. The Morgan fingerprint density at radius 3 is 2.31 bits per heavy atom. The molecule has 234 valence electrons. The largest absolute Gasteiger partial charge is 0.507 e. The van der Waals surface area contributed by atoms with E-state index in [1.165, 1.54) is 33.5 Å². The number of carbonyl (C=O) groups is 3. The highest BCUT2D eigenvalue weighted by atomic mass is 32.2. The lowest BCUT2D eigenvalue weighted by Gasteiger charge is -2.34. The van der Waals surface area contributed by atoms with Crippen molar-refractivity contribution in [3.05, 3.63) is 95.3 Å². The monoisotopic (exact) mass is 628 g/mol. The standard InChI is InChI=1S/C34H36N4O6S/c1-2-3-21-37-28-13-7-6-12-27(28)34(33(37)42)29(31(40)32(41)38(34)23-24-11-10-18-35-22-24)30(39)25-14-16-26(17-15-25)45(43,44)36-19-8-4-5-9-20-36/h6-7,10-18,22,39H,2-5,8-9,19-21,23H2,1H3/b30-29+. The molecule has 1 atom stereocenters. The van der Waals surface area contributed by atoms with E-state index in [0.717, 1.165) is 32.1 Å². The first-order valence-corrected chi connectivity index (χ1v) is 16.9. The van der Waals surface area contributed by atoms with Gasteiger partial charge in [-0.2, -0.15) is 4.31 Å². The van der Waals surface area contributed by atoms with Gasteiger partial charge in [-0.25, -0.2) is 8.42 Å². The van der Waals surface area contributed by atoms with Crippen molar-refractivity contribution >= 4 is 39.1 Å². The predicted octanol–water partition coefficient (Wildman–Crippen LogP) is 4.57. The van der Waals surface area contributed by atoms with E-state index in [9.17, 15) is 27.9 Å². The zero-order valence-corrected chi connectivity index (χ0v) is 26.0. The average Bonchev–Trinajstić information content (AvgIpc) is 3.25. The molecule has 2 fully saturated rings. The number of rotatable bonds is 8. The summed E-state index contributed by atoms with van der Waals surface area (Å²) in [6, 6.07) is 16.1. The Balaban J connectivity index is 1.50. The van der Waals surface area contributed by atoms with Crippen LogP contribution in [-0.2, 0) is 36.5 Å². The maximum absolute atomic E-state index is 14.7. The van der Waals surface area contributed by atoms with E-state index in [0.29, 0.717) is 42.9 Å². The van der Waals surface area contributed by atoms with E-state index in [4.69, 9.17) is 0 Å². The van der Waals surface area contributed by atoms with E-state index in [1.54, 1.807) is 53.7 Å². The van der Waals surface area contributed by atoms with Crippen molar-refractivity contribution in [3.8, 4) is 0 Å². The second-order valence-electron chi connectivity index (χ2n) is 11.7. The van der Waals surface area contributed by atoms with Gasteiger partial charge in [-0.3, -0.25) is 19.4 Å². The molecule has 1 N–H and O–H groups in total. The summed E-state index contributed by atoms with van der Waals surface area (Å²) in [5.41, 5.74) is -0.527. The van der Waals surface area contributed by atoms with Crippen LogP contribution < -0.4 is 4.90 Å². The Hall–Kier alpha value is -4.35. The molecule has 1 aromatic heterocycles. The van der Waals surface area contributed by atoms with Crippen LogP contribution in [0, 0.1) is 0 Å². The molecule has 1 unspecified atom stereocenters. The zero-order valence-electron chi connectivity index (χ0n) is 25.2. The molecule has 2 saturated heterocycles. The van der Waals surface area contributed by atoms with Gasteiger partial charge in [0.05, 0.1) is 16.2 Å². The summed E-state index contributed by atoms with van der Waals surface area (Å²) in [4.78, 5) is 49.5. The lowest BCUT2D eigenvalue weighted by atomic mass is 9.81. The van der Waals surface area contributed by atoms with Gasteiger partial charge in [0.25, 0.3) is 17.6 Å². The minimum atomic E-state index is -3.76. The molecule has 3 aliphatic heterocycles. The molecule has 2 aromatic carbocycles. The van der Waals surface area contributed by atoms with Crippen LogP contribution in [-0.4, -0.2) is 64.9 Å². The smallest absolute Gasteiger partial charge is 0.296 e. The van der Waals surface area contributed by atoms with E-state index in [-0.39, 0.29) is 22.6 Å². The van der Waals surface area contributed by atoms with Crippen LogP contribution in [0.15, 0.2) is 83.5 Å². The summed E-state index contributed by atoms with van der Waals surface area (Å²) >= 11 is 0. The van der Waals surface area contributed by atoms with E-state index in [1.807, 2.05) is 6.92 Å². The number of nitrogens with zero attached hydrogens (tertiary/aromatic N) is 4. The van der Waals surface area contributed by atoms with Crippen molar-refractivity contribution in [2.75, 3.05) is 24.5 Å². The Labute approximate surface area is 263 Å². The molecule has 3 aromatic rings. The number of para-hydroxylation sites is 1. The maximum Gasteiger partial charge on any atom is 0.296 e. The fraction of sp³-hybridized carbons (Fsp3) is 0.353. The third-order valence-corrected chi connectivity index (χ3v) is 10.9. The Morgan fingerprint density at radius 1 is 0.933 bits per heavy atom. The van der Waals surface area contributed by atoms with E-state index >= 15 is 0 Å². The van der Waals surface area contributed by atoms with E-state index < -0.39 is 38.9 Å². The number of carbonyl (C=O) groups excluding carboxylic acids is 3. The molecule has 0 bridgehead atoms. The van der Waals surface area contributed by atoms with Crippen LogP contribution in [0.25, 0.3) is 5.76 Å². The molecule has 10 nitrogen and oxygen atoms in total. The number of hydrogen-bond acceptors (Lipinski definition) is 7. The zero-order chi connectivity index (χ0) is 31.8. The highest BCUT2D eigenvalue weighted by molar-refractivity contribution is 7.89. The third-order valence-electron chi connectivity index (χ3n) is 8.94. The number of pyridine rings is 1. The quantitative estimate of drug-likeness (QED) is 0.220. The Kier molecular flexibility index (Phi) is 8.32. The topological polar surface area (TPSA) is 128 Å². The molecule has 0 aliphatic carbocycles. The number of aliphatic hydroxyl groups is 1. The minimum absolute atomic E-state index is 0.0701. The van der Waals surface area contributed by atoms with Gasteiger partial charge in [0.15, 0.2) is 5.54 Å². The van der Waals surface area contributed by atoms with Gasteiger partial charge < -0.3 is 14.9 Å². The molecule has 3 aliphatic rings. The second kappa shape index (κ2) is 12.2. The van der Waals surface area contributed by atoms with Crippen LogP contribution in [0.1, 0.15) is 62.1 Å². The Bertz CT molecular complexity index is 1770. The maximum atomic E-state index is 14.7. The average molecular weight is 629 g/mol. The lowest BCUT2D eigenvalue weighted by molar-refractivity contribution is -0.144. The number of hydrogen-bond donors (Lipinski definition) is 1. The van der Waals surface area contributed by atoms with Crippen molar-refractivity contribution < 1.29 is 27.9 Å². The fourth-order valence-electron chi connectivity index (χ4n) is 6.66. The highest BCUT2D eigenvalue weighted by Gasteiger charge is 2.67. The molecular weight excluding hydrogens is 592 g/mol. The second-order valence-corrected chi connectivity index (χ2v) is 13.6. The van der Waals surface area contributed by atoms with E-state index in [2.05, 4.69) is 4.98 Å². The lowest BCUT2D eigenvalue weighted by Crippen LogP contribution is -2.51. The Morgan fingerprint density at radius 2 is 1.64 bits per heavy atom. The summed E-state index contributed by atoms with van der Waals surface area (Å²) in [6.45, 7) is 3.17. The highest BCUT2D eigenvalue weighted by Crippen LogP contribution is 2.54. The molecule has 4 heterocycles. The first-order chi connectivity index (χ1) is 21.7. The number of anilines is 1. The van der Waals surface area contributed by atoms with Crippen LogP contribution in [0.5, 0.6) is 0 Å². The number of Topliss-reactive ketones (excluding diaryl/α,β-unsaturated/α-hetero) is 1. The number of fused-ring (bicyclic) bond motifs is 2. The van der Waals surface area contributed by atoms with Gasteiger partial charge in [-0.15, -0.1) is 0 Å². The van der Waals surface area contributed by atoms with Crippen LogP contribution >= 0.6 is 0 Å². The first kappa shape index (κ1) is 30.7. The summed E-state index contributed by atoms with van der Waals surface area (Å²) in [5, 5.41) is 11.8. The van der Waals surface area contributed by atoms with Gasteiger partial charge in [0.2, 0.25) is 10.0 Å². The van der Waals surface area contributed by atoms with Gasteiger partial charge in [-0.05, 0) is 61.2 Å². The molecular formula is C34H36N4O6S. The molecule has 6 rings (SSSR count). The van der Waals surface area contributed by atoms with Crippen LogP contribution in [0.4, 0.5) is 5.69 Å². The summed E-state index contributed by atoms with van der Waals surface area (Å²) in [7, 11) is -3.76. The van der Waals surface area contributed by atoms with Crippen molar-refractivity contribution in [1.29, 1.82) is 0 Å². The van der Waals surface area contributed by atoms with Crippen LogP contribution in [0.3, 0.4) is 0 Å². The van der Waals surface area contributed by atoms with Gasteiger partial charge in [0, 0.05) is 49.7 Å². The molecule has 2 amide bonds. The third kappa shape index (κ3) is 5.04.